The molecule has 2 rings (SSSR count). The summed E-state index contributed by atoms with van der Waals surface area (Å²) < 4.78 is 5.70. The van der Waals surface area contributed by atoms with E-state index < -0.39 is 0 Å². The summed E-state index contributed by atoms with van der Waals surface area (Å²) in [4.78, 5) is 9.12. The van der Waals surface area contributed by atoms with Crippen molar-refractivity contribution in [1.29, 1.82) is 0 Å². The van der Waals surface area contributed by atoms with Crippen LogP contribution in [0.3, 0.4) is 0 Å². The van der Waals surface area contributed by atoms with Gasteiger partial charge in [-0.25, -0.2) is 9.97 Å². The Morgan fingerprint density at radius 1 is 1.10 bits per heavy atom. The van der Waals surface area contributed by atoms with E-state index in [-0.39, 0.29) is 0 Å². The molecule has 2 N–H and O–H groups in total. The molecule has 1 heterocycles. The number of hydrogen-bond donors (Lipinski definition) is 1. The van der Waals surface area contributed by atoms with Gasteiger partial charge in [0.25, 0.3) is 0 Å². The normalized spacial score (nSPS) is 12.2. The number of aryl methyl sites for hydroxylation is 2. The Morgan fingerprint density at radius 2 is 1.71 bits per heavy atom. The molecule has 0 aliphatic carbocycles. The van der Waals surface area contributed by atoms with E-state index in [0.717, 1.165) is 29.4 Å². The average molecular weight is 285 g/mol. The van der Waals surface area contributed by atoms with E-state index in [1.54, 1.807) is 0 Å². The fraction of sp³-hybridized carbons (Fsp3) is 0.412. The van der Waals surface area contributed by atoms with E-state index in [2.05, 4.69) is 16.9 Å². The molecule has 0 amide bonds. The third kappa shape index (κ3) is 4.26. The first-order valence-corrected chi connectivity index (χ1v) is 7.31. The summed E-state index contributed by atoms with van der Waals surface area (Å²) in [6.07, 6.45) is 0.925. The molecule has 0 bridgehead atoms. The first kappa shape index (κ1) is 15.4. The summed E-state index contributed by atoms with van der Waals surface area (Å²) >= 11 is 0. The van der Waals surface area contributed by atoms with Crippen molar-refractivity contribution in [3.63, 3.8) is 0 Å². The van der Waals surface area contributed by atoms with Crippen LogP contribution >= 0.6 is 0 Å². The van der Waals surface area contributed by atoms with Gasteiger partial charge in [-0.05, 0) is 50.4 Å². The van der Waals surface area contributed by atoms with E-state index in [0.29, 0.717) is 19.1 Å². The minimum absolute atomic E-state index is 0.387. The third-order valence-electron chi connectivity index (χ3n) is 3.53. The van der Waals surface area contributed by atoms with Crippen LogP contribution in [0.1, 0.15) is 29.7 Å². The molecule has 1 unspecified atom stereocenters. The van der Waals surface area contributed by atoms with Crippen LogP contribution in [-0.4, -0.2) is 16.5 Å². The number of nitrogens with zero attached hydrogens (tertiary/aromatic N) is 2. The molecule has 2 aromatic rings. The molecule has 4 nitrogen and oxygen atoms in total. The van der Waals surface area contributed by atoms with Crippen LogP contribution in [0.15, 0.2) is 30.3 Å². The molecular formula is C17H23N3O. The summed E-state index contributed by atoms with van der Waals surface area (Å²) in [5, 5.41) is 0. The maximum absolute atomic E-state index is 5.70. The second-order valence-electron chi connectivity index (χ2n) is 5.44. The zero-order chi connectivity index (χ0) is 15.2. The molecule has 4 heteroatoms. The van der Waals surface area contributed by atoms with Crippen molar-refractivity contribution in [3.8, 4) is 5.75 Å². The fourth-order valence-corrected chi connectivity index (χ4v) is 2.27. The van der Waals surface area contributed by atoms with Crippen LogP contribution in [0.5, 0.6) is 5.75 Å². The quantitative estimate of drug-likeness (QED) is 0.886. The second kappa shape index (κ2) is 7.18. The number of ether oxygens (including phenoxy) is 1. The van der Waals surface area contributed by atoms with Crippen molar-refractivity contribution >= 4 is 0 Å². The van der Waals surface area contributed by atoms with Gasteiger partial charge in [0.1, 0.15) is 12.4 Å². The third-order valence-corrected chi connectivity index (χ3v) is 3.53. The Hall–Kier alpha value is -1.94. The summed E-state index contributed by atoms with van der Waals surface area (Å²) in [5.74, 6) is 1.99. The number of nitrogens with two attached hydrogens (primary N) is 1. The number of benzene rings is 1. The molecule has 0 aliphatic rings. The van der Waals surface area contributed by atoms with Crippen LogP contribution in [0.4, 0.5) is 0 Å². The predicted octanol–water partition coefficient (Wildman–Crippen LogP) is 2.81. The highest BCUT2D eigenvalue weighted by molar-refractivity contribution is 5.25. The smallest absolute Gasteiger partial charge is 0.166 e. The predicted molar refractivity (Wildman–Crippen MR) is 84.2 cm³/mol. The lowest BCUT2D eigenvalue weighted by Gasteiger charge is -2.14. The first-order chi connectivity index (χ1) is 10.1. The molecule has 1 atom stereocenters. The fourth-order valence-electron chi connectivity index (χ4n) is 2.27. The van der Waals surface area contributed by atoms with E-state index >= 15 is 0 Å². The SMILES string of the molecule is Cc1nc(COc2ccccc2)nc(C)c1CC(C)CN. The van der Waals surface area contributed by atoms with E-state index in [1.807, 2.05) is 44.2 Å². The van der Waals surface area contributed by atoms with Gasteiger partial charge in [-0.15, -0.1) is 0 Å². The molecule has 112 valence electrons. The van der Waals surface area contributed by atoms with Gasteiger partial charge in [-0.2, -0.15) is 0 Å². The van der Waals surface area contributed by atoms with E-state index in [9.17, 15) is 0 Å². The molecule has 0 spiro atoms. The van der Waals surface area contributed by atoms with Gasteiger partial charge in [0.05, 0.1) is 0 Å². The molecule has 1 aromatic carbocycles. The number of para-hydroxylation sites is 1. The van der Waals surface area contributed by atoms with E-state index in [1.165, 1.54) is 5.56 Å². The molecule has 0 aliphatic heterocycles. The summed E-state index contributed by atoms with van der Waals surface area (Å²) in [5.41, 5.74) is 8.95. The minimum Gasteiger partial charge on any atom is -0.486 e. The van der Waals surface area contributed by atoms with Gasteiger partial charge in [0.15, 0.2) is 5.82 Å². The standard InChI is InChI=1S/C17H23N3O/c1-12(10-18)9-16-13(2)19-17(20-14(16)3)11-21-15-7-5-4-6-8-15/h4-8,12H,9-11,18H2,1-3H3. The molecule has 0 saturated heterocycles. The van der Waals surface area contributed by atoms with Crippen molar-refractivity contribution in [1.82, 2.24) is 9.97 Å². The summed E-state index contributed by atoms with van der Waals surface area (Å²) in [7, 11) is 0. The van der Waals surface area contributed by atoms with Crippen molar-refractivity contribution in [2.24, 2.45) is 11.7 Å². The Morgan fingerprint density at radius 3 is 2.29 bits per heavy atom. The second-order valence-corrected chi connectivity index (χ2v) is 5.44. The zero-order valence-corrected chi connectivity index (χ0v) is 13.0. The summed E-state index contributed by atoms with van der Waals surface area (Å²) in [6.45, 7) is 7.26. The Kier molecular flexibility index (Phi) is 5.28. The van der Waals surface area contributed by atoms with Gasteiger partial charge in [0.2, 0.25) is 0 Å². The molecule has 0 saturated carbocycles. The lowest BCUT2D eigenvalue weighted by Crippen LogP contribution is -2.16. The monoisotopic (exact) mass is 285 g/mol. The average Bonchev–Trinajstić information content (AvgIpc) is 2.49. The highest BCUT2D eigenvalue weighted by Crippen LogP contribution is 2.16. The first-order valence-electron chi connectivity index (χ1n) is 7.31. The molecular weight excluding hydrogens is 262 g/mol. The lowest BCUT2D eigenvalue weighted by atomic mass is 9.99. The molecule has 21 heavy (non-hydrogen) atoms. The molecule has 1 aromatic heterocycles. The van der Waals surface area contributed by atoms with Crippen LogP contribution in [0.25, 0.3) is 0 Å². The zero-order valence-electron chi connectivity index (χ0n) is 13.0. The largest absolute Gasteiger partial charge is 0.486 e. The van der Waals surface area contributed by atoms with Gasteiger partial charge in [-0.1, -0.05) is 25.1 Å². The van der Waals surface area contributed by atoms with Crippen molar-refractivity contribution < 1.29 is 4.74 Å². The summed E-state index contributed by atoms with van der Waals surface area (Å²) in [6, 6.07) is 9.72. The number of hydrogen-bond acceptors (Lipinski definition) is 4. The molecule has 0 radical (unpaired) electrons. The van der Waals surface area contributed by atoms with Crippen LogP contribution in [-0.2, 0) is 13.0 Å². The topological polar surface area (TPSA) is 61.0 Å². The van der Waals surface area contributed by atoms with Gasteiger partial charge < -0.3 is 10.5 Å². The molecule has 0 fully saturated rings. The van der Waals surface area contributed by atoms with Gasteiger partial charge in [-0.3, -0.25) is 0 Å². The van der Waals surface area contributed by atoms with Crippen molar-refractivity contribution in [2.45, 2.75) is 33.8 Å². The number of rotatable bonds is 6. The Balaban J connectivity index is 2.08. The van der Waals surface area contributed by atoms with Gasteiger partial charge in [0, 0.05) is 11.4 Å². The maximum atomic E-state index is 5.70. The van der Waals surface area contributed by atoms with Crippen LogP contribution in [0.2, 0.25) is 0 Å². The van der Waals surface area contributed by atoms with Crippen molar-refractivity contribution in [3.05, 3.63) is 53.1 Å². The highest BCUT2D eigenvalue weighted by atomic mass is 16.5. The van der Waals surface area contributed by atoms with Crippen LogP contribution in [0, 0.1) is 19.8 Å². The maximum Gasteiger partial charge on any atom is 0.166 e. The lowest BCUT2D eigenvalue weighted by molar-refractivity contribution is 0.295. The Bertz CT molecular complexity index is 561. The van der Waals surface area contributed by atoms with E-state index in [4.69, 9.17) is 10.5 Å². The number of aromatic nitrogens is 2. The van der Waals surface area contributed by atoms with Crippen molar-refractivity contribution in [2.75, 3.05) is 6.54 Å². The van der Waals surface area contributed by atoms with Crippen LogP contribution < -0.4 is 10.5 Å². The Labute approximate surface area is 126 Å². The minimum atomic E-state index is 0.387. The van der Waals surface area contributed by atoms with Gasteiger partial charge >= 0.3 is 0 Å². The highest BCUT2D eigenvalue weighted by Gasteiger charge is 2.11.